The highest BCUT2D eigenvalue weighted by molar-refractivity contribution is 7.89. The minimum absolute atomic E-state index is 0.0260. The normalized spacial score (nSPS) is 22.0. The molecule has 1 heterocycles. The maximum atomic E-state index is 12.7. The zero-order valence-corrected chi connectivity index (χ0v) is 16.6. The van der Waals surface area contributed by atoms with Crippen molar-refractivity contribution >= 4 is 26.7 Å². The Hall–Kier alpha value is -1.25. The molecular weight excluding hydrogens is 360 g/mol. The monoisotopic (exact) mass is 386 g/mol. The summed E-state index contributed by atoms with van der Waals surface area (Å²) in [7, 11) is -4.40. The van der Waals surface area contributed by atoms with Crippen molar-refractivity contribution in [3.05, 3.63) is 29.8 Å². The van der Waals surface area contributed by atoms with Crippen molar-refractivity contribution in [3.63, 3.8) is 0 Å². The van der Waals surface area contributed by atoms with Gasteiger partial charge in [-0.3, -0.25) is 9.00 Å². The lowest BCUT2D eigenvalue weighted by atomic mass is 10.1. The van der Waals surface area contributed by atoms with E-state index in [2.05, 4.69) is 0 Å². The van der Waals surface area contributed by atoms with E-state index in [1.54, 1.807) is 30.9 Å². The van der Waals surface area contributed by atoms with Crippen LogP contribution in [-0.4, -0.2) is 64.9 Å². The molecule has 1 aliphatic rings. The van der Waals surface area contributed by atoms with Crippen molar-refractivity contribution in [2.75, 3.05) is 31.1 Å². The third-order valence-corrected chi connectivity index (χ3v) is 7.95. The summed E-state index contributed by atoms with van der Waals surface area (Å²) in [5.41, 5.74) is 0.457. The first kappa shape index (κ1) is 20.1. The van der Waals surface area contributed by atoms with Gasteiger partial charge in [-0.2, -0.15) is 4.31 Å². The summed E-state index contributed by atoms with van der Waals surface area (Å²) < 4.78 is 38.1. The predicted octanol–water partition coefficient (Wildman–Crippen LogP) is 1.70. The van der Waals surface area contributed by atoms with Gasteiger partial charge in [0.05, 0.1) is 4.90 Å². The average Bonchev–Trinajstić information content (AvgIpc) is 2.76. The number of carbonyl (C=O) groups excluding carboxylic acids is 1. The van der Waals surface area contributed by atoms with Crippen molar-refractivity contribution in [1.29, 1.82) is 0 Å². The maximum Gasteiger partial charge on any atom is 0.254 e. The minimum Gasteiger partial charge on any atom is -0.335 e. The Kier molecular flexibility index (Phi) is 6.76. The summed E-state index contributed by atoms with van der Waals surface area (Å²) in [6, 6.07) is 6.13. The predicted molar refractivity (Wildman–Crippen MR) is 99.5 cm³/mol. The van der Waals surface area contributed by atoms with Gasteiger partial charge in [0.1, 0.15) is 0 Å². The lowest BCUT2D eigenvalue weighted by Crippen LogP contribution is -2.39. The molecule has 1 aromatic carbocycles. The van der Waals surface area contributed by atoms with Crippen LogP contribution in [0.4, 0.5) is 0 Å². The fraction of sp³-hybridized carbons (Fsp3) is 0.588. The largest absolute Gasteiger partial charge is 0.335 e. The van der Waals surface area contributed by atoms with E-state index in [1.807, 2.05) is 6.92 Å². The Labute approximate surface area is 152 Å². The standard InChI is InChI=1S/C17H26N2O4S2/c1-4-18(5-2)25(22,23)16-8-6-15(7-9-16)17(20)19-11-13-24(21)12-10-14(19)3/h6-9,14H,4-5,10-13H2,1-3H3/t14-,24-/m0/s1. The molecule has 1 fully saturated rings. The molecule has 1 aromatic rings. The van der Waals surface area contributed by atoms with E-state index < -0.39 is 20.8 Å². The van der Waals surface area contributed by atoms with E-state index in [-0.39, 0.29) is 16.8 Å². The van der Waals surface area contributed by atoms with Crippen molar-refractivity contribution in [3.8, 4) is 0 Å². The van der Waals surface area contributed by atoms with Crippen LogP contribution in [0.15, 0.2) is 29.2 Å². The molecule has 1 amide bonds. The molecule has 1 aliphatic heterocycles. The van der Waals surface area contributed by atoms with Crippen LogP contribution in [0.25, 0.3) is 0 Å². The summed E-state index contributed by atoms with van der Waals surface area (Å²) in [5, 5.41) is 0. The minimum atomic E-state index is -3.52. The summed E-state index contributed by atoms with van der Waals surface area (Å²) in [4.78, 5) is 14.7. The number of amides is 1. The Morgan fingerprint density at radius 3 is 2.36 bits per heavy atom. The second kappa shape index (κ2) is 8.42. The van der Waals surface area contributed by atoms with Crippen LogP contribution in [-0.2, 0) is 20.8 Å². The third-order valence-electron chi connectivity index (χ3n) is 4.56. The average molecular weight is 387 g/mol. The highest BCUT2D eigenvalue weighted by Gasteiger charge is 2.26. The molecule has 0 aliphatic carbocycles. The summed E-state index contributed by atoms with van der Waals surface area (Å²) in [6.07, 6.45) is 0.715. The first-order chi connectivity index (χ1) is 11.8. The van der Waals surface area contributed by atoms with Gasteiger partial charge >= 0.3 is 0 Å². The van der Waals surface area contributed by atoms with Crippen molar-refractivity contribution in [1.82, 2.24) is 9.21 Å². The molecule has 25 heavy (non-hydrogen) atoms. The lowest BCUT2D eigenvalue weighted by Gasteiger charge is -2.27. The lowest BCUT2D eigenvalue weighted by molar-refractivity contribution is 0.0706. The molecule has 0 radical (unpaired) electrons. The fourth-order valence-electron chi connectivity index (χ4n) is 2.93. The van der Waals surface area contributed by atoms with Crippen molar-refractivity contribution in [2.24, 2.45) is 0 Å². The summed E-state index contributed by atoms with van der Waals surface area (Å²) in [6.45, 7) is 6.82. The van der Waals surface area contributed by atoms with E-state index in [0.29, 0.717) is 43.1 Å². The van der Waals surface area contributed by atoms with Crippen molar-refractivity contribution < 1.29 is 17.4 Å². The van der Waals surface area contributed by atoms with Crippen LogP contribution in [0.3, 0.4) is 0 Å². The topological polar surface area (TPSA) is 74.8 Å². The third kappa shape index (κ3) is 4.48. The smallest absolute Gasteiger partial charge is 0.254 e. The van der Waals surface area contributed by atoms with Gasteiger partial charge < -0.3 is 4.90 Å². The van der Waals surface area contributed by atoms with E-state index in [9.17, 15) is 17.4 Å². The molecule has 140 valence electrons. The van der Waals surface area contributed by atoms with Crippen molar-refractivity contribution in [2.45, 2.75) is 38.1 Å². The maximum absolute atomic E-state index is 12.7. The molecule has 0 aromatic heterocycles. The number of hydrogen-bond acceptors (Lipinski definition) is 4. The zero-order valence-electron chi connectivity index (χ0n) is 15.0. The van der Waals surface area contributed by atoms with E-state index in [4.69, 9.17) is 0 Å². The molecule has 2 atom stereocenters. The summed E-state index contributed by atoms with van der Waals surface area (Å²) in [5.74, 6) is 0.967. The fourth-order valence-corrected chi connectivity index (χ4v) is 5.60. The molecule has 0 spiro atoms. The van der Waals surface area contributed by atoms with Gasteiger partial charge in [-0.05, 0) is 37.6 Å². The Morgan fingerprint density at radius 1 is 1.20 bits per heavy atom. The number of nitrogens with zero attached hydrogens (tertiary/aromatic N) is 2. The van der Waals surface area contributed by atoms with Crippen LogP contribution in [0.5, 0.6) is 0 Å². The molecule has 0 unspecified atom stereocenters. The number of hydrogen-bond donors (Lipinski definition) is 0. The van der Waals surface area contributed by atoms with Gasteiger partial charge in [-0.1, -0.05) is 13.8 Å². The van der Waals surface area contributed by atoms with Gasteiger partial charge in [-0.15, -0.1) is 0 Å². The van der Waals surface area contributed by atoms with Crippen LogP contribution >= 0.6 is 0 Å². The quantitative estimate of drug-likeness (QED) is 0.772. The molecular formula is C17H26N2O4S2. The van der Waals surface area contributed by atoms with E-state index in [1.165, 1.54) is 16.4 Å². The number of benzene rings is 1. The molecule has 8 heteroatoms. The van der Waals surface area contributed by atoms with Crippen LogP contribution in [0.2, 0.25) is 0 Å². The van der Waals surface area contributed by atoms with Crippen LogP contribution in [0.1, 0.15) is 37.6 Å². The van der Waals surface area contributed by atoms with Crippen LogP contribution in [0, 0.1) is 0 Å². The number of rotatable bonds is 5. The first-order valence-electron chi connectivity index (χ1n) is 8.57. The highest BCUT2D eigenvalue weighted by atomic mass is 32.2. The zero-order chi connectivity index (χ0) is 18.6. The Morgan fingerprint density at radius 2 is 1.80 bits per heavy atom. The van der Waals surface area contributed by atoms with E-state index >= 15 is 0 Å². The SMILES string of the molecule is CCN(CC)S(=O)(=O)c1ccc(C(=O)N2CC[S@@](=O)CC[C@@H]2C)cc1. The molecule has 2 rings (SSSR count). The summed E-state index contributed by atoms with van der Waals surface area (Å²) >= 11 is 0. The number of sulfonamides is 1. The van der Waals surface area contributed by atoms with Gasteiger partial charge in [0.2, 0.25) is 10.0 Å². The second-order valence-corrected chi connectivity index (χ2v) is 9.73. The van der Waals surface area contributed by atoms with Crippen LogP contribution < -0.4 is 0 Å². The Balaban J connectivity index is 2.21. The molecule has 0 saturated carbocycles. The van der Waals surface area contributed by atoms with Gasteiger partial charge in [0.25, 0.3) is 5.91 Å². The molecule has 0 N–H and O–H groups in total. The van der Waals surface area contributed by atoms with Gasteiger partial charge in [0, 0.05) is 53.5 Å². The van der Waals surface area contributed by atoms with Gasteiger partial charge in [-0.25, -0.2) is 8.42 Å². The number of carbonyl (C=O) groups is 1. The van der Waals surface area contributed by atoms with Gasteiger partial charge in [0.15, 0.2) is 0 Å². The first-order valence-corrected chi connectivity index (χ1v) is 11.5. The molecule has 6 nitrogen and oxygen atoms in total. The Bertz CT molecular complexity index is 728. The molecule has 1 saturated heterocycles. The second-order valence-electron chi connectivity index (χ2n) is 6.10. The molecule has 0 bridgehead atoms. The highest BCUT2D eigenvalue weighted by Crippen LogP contribution is 2.19. The van der Waals surface area contributed by atoms with E-state index in [0.717, 1.165) is 0 Å².